The van der Waals surface area contributed by atoms with Gasteiger partial charge in [-0.3, -0.25) is 4.31 Å². The molecule has 1 aliphatic rings. The Labute approximate surface area is 182 Å². The second-order valence-corrected chi connectivity index (χ2v) is 9.41. The van der Waals surface area contributed by atoms with Crippen LogP contribution in [0.25, 0.3) is 0 Å². The van der Waals surface area contributed by atoms with E-state index in [2.05, 4.69) is 5.32 Å². The van der Waals surface area contributed by atoms with Gasteiger partial charge in [0.1, 0.15) is 6.61 Å². The minimum absolute atomic E-state index is 0.0736. The first-order valence-corrected chi connectivity index (χ1v) is 11.7. The Bertz CT molecular complexity index is 1130. The third-order valence-electron chi connectivity index (χ3n) is 5.27. The number of fused-ring (bicyclic) bond motifs is 1. The van der Waals surface area contributed by atoms with Crippen molar-refractivity contribution < 1.29 is 17.9 Å². The summed E-state index contributed by atoms with van der Waals surface area (Å²) in [5.41, 5.74) is 3.36. The Balaban J connectivity index is 1.46. The number of alkyl carbamates (subject to hydrolysis) is 1. The van der Waals surface area contributed by atoms with Crippen LogP contribution < -0.4 is 9.62 Å². The van der Waals surface area contributed by atoms with E-state index in [-0.39, 0.29) is 31.4 Å². The molecule has 0 spiro atoms. The lowest BCUT2D eigenvalue weighted by molar-refractivity contribution is 0.139. The summed E-state index contributed by atoms with van der Waals surface area (Å²) in [7, 11) is -3.55. The van der Waals surface area contributed by atoms with Crippen molar-refractivity contribution >= 4 is 21.8 Å². The molecule has 3 aromatic carbocycles. The first-order chi connectivity index (χ1) is 15.0. The zero-order chi connectivity index (χ0) is 21.7. The van der Waals surface area contributed by atoms with Gasteiger partial charge in [-0.2, -0.15) is 0 Å². The third kappa shape index (κ3) is 5.06. The van der Waals surface area contributed by atoms with E-state index < -0.39 is 16.1 Å². The standard InChI is InChI=1S/C24H24N2O4S/c27-24(30-17-20-11-5-2-6-12-20)25-15-21-18-31(28,29)26(16-19-9-3-1-4-10-19)23-14-8-7-13-22(21)23/h1-14,21H,15-18H2,(H,25,27). The van der Waals surface area contributed by atoms with E-state index in [1.54, 1.807) is 0 Å². The highest BCUT2D eigenvalue weighted by molar-refractivity contribution is 7.92. The van der Waals surface area contributed by atoms with Gasteiger partial charge >= 0.3 is 6.09 Å². The fourth-order valence-electron chi connectivity index (χ4n) is 3.73. The largest absolute Gasteiger partial charge is 0.445 e. The highest BCUT2D eigenvalue weighted by Gasteiger charge is 2.35. The summed E-state index contributed by atoms with van der Waals surface area (Å²) in [6.45, 7) is 0.625. The molecule has 0 aromatic heterocycles. The van der Waals surface area contributed by atoms with E-state index in [1.807, 2.05) is 84.9 Å². The quantitative estimate of drug-likeness (QED) is 0.633. The first kappa shape index (κ1) is 20.9. The zero-order valence-electron chi connectivity index (χ0n) is 17.0. The van der Waals surface area contributed by atoms with Crippen LogP contribution in [-0.2, 0) is 27.9 Å². The first-order valence-electron chi connectivity index (χ1n) is 10.1. The van der Waals surface area contributed by atoms with Crippen molar-refractivity contribution in [1.82, 2.24) is 5.32 Å². The topological polar surface area (TPSA) is 75.7 Å². The minimum Gasteiger partial charge on any atom is -0.445 e. The number of amides is 1. The van der Waals surface area contributed by atoms with Gasteiger partial charge in [-0.05, 0) is 22.8 Å². The number of hydrogen-bond acceptors (Lipinski definition) is 4. The molecule has 160 valence electrons. The number of carbonyl (C=O) groups is 1. The average molecular weight is 437 g/mol. The Morgan fingerprint density at radius 2 is 1.52 bits per heavy atom. The van der Waals surface area contributed by atoms with Crippen LogP contribution in [0.2, 0.25) is 0 Å². The second-order valence-electron chi connectivity index (χ2n) is 7.47. The monoisotopic (exact) mass is 436 g/mol. The lowest BCUT2D eigenvalue weighted by Gasteiger charge is -2.35. The number of benzene rings is 3. The molecular formula is C24H24N2O4S. The number of nitrogens with one attached hydrogen (secondary N) is 1. The van der Waals surface area contributed by atoms with Crippen LogP contribution in [0.4, 0.5) is 10.5 Å². The van der Waals surface area contributed by atoms with Crippen molar-refractivity contribution in [2.24, 2.45) is 0 Å². The average Bonchev–Trinajstić information content (AvgIpc) is 2.79. The summed E-state index contributed by atoms with van der Waals surface area (Å²) in [5.74, 6) is -0.423. The van der Waals surface area contributed by atoms with Gasteiger partial charge in [0.2, 0.25) is 10.0 Å². The molecule has 0 radical (unpaired) electrons. The Kier molecular flexibility index (Phi) is 6.23. The molecule has 0 fully saturated rings. The van der Waals surface area contributed by atoms with Gasteiger partial charge in [0.25, 0.3) is 0 Å². The fraction of sp³-hybridized carbons (Fsp3) is 0.208. The van der Waals surface area contributed by atoms with E-state index >= 15 is 0 Å². The van der Waals surface area contributed by atoms with Crippen molar-refractivity contribution in [1.29, 1.82) is 0 Å². The van der Waals surface area contributed by atoms with Crippen LogP contribution in [-0.4, -0.2) is 26.8 Å². The van der Waals surface area contributed by atoms with Crippen molar-refractivity contribution in [2.75, 3.05) is 16.6 Å². The van der Waals surface area contributed by atoms with Gasteiger partial charge in [-0.25, -0.2) is 13.2 Å². The van der Waals surface area contributed by atoms with Crippen LogP contribution in [0.15, 0.2) is 84.9 Å². The zero-order valence-corrected chi connectivity index (χ0v) is 17.8. The van der Waals surface area contributed by atoms with E-state index in [0.717, 1.165) is 16.7 Å². The number of ether oxygens (including phenoxy) is 1. The van der Waals surface area contributed by atoms with Gasteiger partial charge in [0.05, 0.1) is 18.0 Å². The molecule has 0 bridgehead atoms. The van der Waals surface area contributed by atoms with Crippen molar-refractivity contribution in [3.05, 3.63) is 102 Å². The number of nitrogens with zero attached hydrogens (tertiary/aromatic N) is 1. The summed E-state index contributed by atoms with van der Waals surface area (Å²) in [6, 6.07) is 26.4. The van der Waals surface area contributed by atoms with E-state index in [0.29, 0.717) is 5.69 Å². The molecule has 1 N–H and O–H groups in total. The molecule has 6 nitrogen and oxygen atoms in total. The second kappa shape index (κ2) is 9.22. The molecule has 0 saturated heterocycles. The molecule has 1 unspecified atom stereocenters. The van der Waals surface area contributed by atoms with Gasteiger partial charge in [0, 0.05) is 12.5 Å². The highest BCUT2D eigenvalue weighted by atomic mass is 32.2. The predicted molar refractivity (Wildman–Crippen MR) is 120 cm³/mol. The highest BCUT2D eigenvalue weighted by Crippen LogP contribution is 2.37. The summed E-state index contributed by atoms with van der Waals surface area (Å²) in [4.78, 5) is 12.1. The van der Waals surface area contributed by atoms with Crippen LogP contribution in [0.5, 0.6) is 0 Å². The van der Waals surface area contributed by atoms with Crippen LogP contribution in [0.3, 0.4) is 0 Å². The normalized spacial score (nSPS) is 16.9. The maximum atomic E-state index is 13.1. The minimum atomic E-state index is -3.55. The van der Waals surface area contributed by atoms with Gasteiger partial charge in [-0.1, -0.05) is 78.9 Å². The summed E-state index contributed by atoms with van der Waals surface area (Å²) < 4.78 is 32.9. The van der Waals surface area contributed by atoms with Crippen molar-refractivity contribution in [3.8, 4) is 0 Å². The molecule has 1 aliphatic heterocycles. The molecule has 0 saturated carbocycles. The fourth-order valence-corrected chi connectivity index (χ4v) is 5.52. The number of rotatable bonds is 6. The number of anilines is 1. The van der Waals surface area contributed by atoms with Crippen LogP contribution >= 0.6 is 0 Å². The lowest BCUT2D eigenvalue weighted by atomic mass is 9.98. The number of para-hydroxylation sites is 1. The van der Waals surface area contributed by atoms with E-state index in [4.69, 9.17) is 4.74 Å². The molecule has 31 heavy (non-hydrogen) atoms. The van der Waals surface area contributed by atoms with Gasteiger partial charge < -0.3 is 10.1 Å². The molecule has 4 rings (SSSR count). The van der Waals surface area contributed by atoms with Crippen LogP contribution in [0, 0.1) is 0 Å². The maximum Gasteiger partial charge on any atom is 0.407 e. The molecule has 3 aromatic rings. The third-order valence-corrected chi connectivity index (χ3v) is 7.09. The SMILES string of the molecule is O=C(NCC1CS(=O)(=O)N(Cc2ccccc2)c2ccccc21)OCc1ccccc1. The molecule has 1 heterocycles. The summed E-state index contributed by atoms with van der Waals surface area (Å²) in [5, 5.41) is 2.72. The Hall–Kier alpha value is -3.32. The summed E-state index contributed by atoms with van der Waals surface area (Å²) >= 11 is 0. The smallest absolute Gasteiger partial charge is 0.407 e. The number of sulfonamides is 1. The molecule has 1 amide bonds. The Morgan fingerprint density at radius 3 is 2.23 bits per heavy atom. The lowest BCUT2D eigenvalue weighted by Crippen LogP contribution is -2.42. The van der Waals surface area contributed by atoms with Crippen molar-refractivity contribution in [2.45, 2.75) is 19.1 Å². The number of carbonyl (C=O) groups excluding carboxylic acids is 1. The van der Waals surface area contributed by atoms with Crippen LogP contribution in [0.1, 0.15) is 22.6 Å². The van der Waals surface area contributed by atoms with E-state index in [1.165, 1.54) is 4.31 Å². The number of hydrogen-bond donors (Lipinski definition) is 1. The van der Waals surface area contributed by atoms with Crippen molar-refractivity contribution in [3.63, 3.8) is 0 Å². The van der Waals surface area contributed by atoms with Gasteiger partial charge in [-0.15, -0.1) is 0 Å². The molecule has 0 aliphatic carbocycles. The van der Waals surface area contributed by atoms with Gasteiger partial charge in [0.15, 0.2) is 0 Å². The predicted octanol–water partition coefficient (Wildman–Crippen LogP) is 4.05. The maximum absolute atomic E-state index is 13.1. The molecule has 1 atom stereocenters. The molecule has 7 heteroatoms. The van der Waals surface area contributed by atoms with E-state index in [9.17, 15) is 13.2 Å². The molecular weight excluding hydrogens is 412 g/mol. The Morgan fingerprint density at radius 1 is 0.903 bits per heavy atom. The summed E-state index contributed by atoms with van der Waals surface area (Å²) in [6.07, 6.45) is -0.564.